The molecule has 0 spiro atoms. The number of benzene rings is 2. The van der Waals surface area contributed by atoms with Gasteiger partial charge in [-0.05, 0) is 61.6 Å². The molecule has 2 fully saturated rings. The first kappa shape index (κ1) is 32.6. The summed E-state index contributed by atoms with van der Waals surface area (Å²) in [6, 6.07) is 15.4. The molecule has 222 valence electrons. The summed E-state index contributed by atoms with van der Waals surface area (Å²) in [5, 5.41) is 9.37. The second kappa shape index (κ2) is 12.5. The van der Waals surface area contributed by atoms with Crippen molar-refractivity contribution in [3.63, 3.8) is 0 Å². The summed E-state index contributed by atoms with van der Waals surface area (Å²) >= 11 is 0. The van der Waals surface area contributed by atoms with E-state index >= 15 is 0 Å². The van der Waals surface area contributed by atoms with E-state index in [9.17, 15) is 31.6 Å². The summed E-state index contributed by atoms with van der Waals surface area (Å²) in [5.41, 5.74) is 4.09. The van der Waals surface area contributed by atoms with Crippen LogP contribution >= 0.6 is 24.8 Å². The Labute approximate surface area is 247 Å². The molecule has 1 aromatic heterocycles. The second-order valence-electron chi connectivity index (χ2n) is 9.73. The Morgan fingerprint density at radius 3 is 1.98 bits per heavy atom. The lowest BCUT2D eigenvalue weighted by Crippen LogP contribution is -2.58. The number of hydroxylamine groups is 1. The van der Waals surface area contributed by atoms with Crippen LogP contribution in [0.1, 0.15) is 25.7 Å². The van der Waals surface area contributed by atoms with Crippen LogP contribution in [0.15, 0.2) is 71.8 Å². The molecule has 1 amide bonds. The fourth-order valence-electron chi connectivity index (χ4n) is 5.02. The number of pyridine rings is 1. The van der Waals surface area contributed by atoms with Crippen molar-refractivity contribution in [1.29, 1.82) is 0 Å². The van der Waals surface area contributed by atoms with Gasteiger partial charge in [0.1, 0.15) is 5.75 Å². The fourth-order valence-corrected chi connectivity index (χ4v) is 6.98. The number of nitrogens with one attached hydrogen (secondary N) is 1. The molecule has 2 aromatic carbocycles. The molecule has 3 aromatic rings. The molecule has 1 saturated heterocycles. The van der Waals surface area contributed by atoms with Crippen molar-refractivity contribution in [3.05, 3.63) is 66.9 Å². The Morgan fingerprint density at radius 2 is 1.49 bits per heavy atom. The molecule has 2 N–H and O–H groups in total. The van der Waals surface area contributed by atoms with E-state index in [0.717, 1.165) is 12.8 Å². The van der Waals surface area contributed by atoms with Crippen LogP contribution in [0.3, 0.4) is 0 Å². The average Bonchev–Trinajstić information content (AvgIpc) is 3.78. The molecule has 1 saturated carbocycles. The van der Waals surface area contributed by atoms with Gasteiger partial charge in [0.2, 0.25) is 0 Å². The summed E-state index contributed by atoms with van der Waals surface area (Å²) in [6.45, 7) is 0.924. The van der Waals surface area contributed by atoms with Gasteiger partial charge in [-0.1, -0.05) is 30.3 Å². The zero-order chi connectivity index (χ0) is 27.8. The predicted octanol–water partition coefficient (Wildman–Crippen LogP) is 5.43. The van der Waals surface area contributed by atoms with Crippen molar-refractivity contribution in [2.75, 3.05) is 13.1 Å². The SMILES string of the molecule is Cl.Cl.O=C(NO)C1(S(=O)(=O)c2ccc(-c3ccc(-c4ccc(OC(F)(F)F)cc4)cn3)cc2)CCN(C2CC2)CC1. The molecule has 0 bridgehead atoms. The first-order chi connectivity index (χ1) is 18.5. The molecule has 5 rings (SSSR count). The lowest BCUT2D eigenvalue weighted by atomic mass is 9.94. The Morgan fingerprint density at radius 1 is 0.927 bits per heavy atom. The zero-order valence-electron chi connectivity index (χ0n) is 21.5. The van der Waals surface area contributed by atoms with Gasteiger partial charge in [-0.3, -0.25) is 15.0 Å². The third kappa shape index (κ3) is 6.78. The Balaban J connectivity index is 0.00000231. The van der Waals surface area contributed by atoms with E-state index in [-0.39, 0.29) is 48.3 Å². The standard InChI is InChI=1S/C27H26F3N3O5S.2ClH/c28-27(29,30)38-22-8-1-18(2-9-22)20-5-12-24(31-17-20)19-3-10-23(11-4-19)39(36,37)26(25(34)32-35)13-15-33(16-14-26)21-6-7-21;;/h1-5,8-12,17,21,35H,6-7,13-16H2,(H,32,34);2*1H. The van der Waals surface area contributed by atoms with Crippen LogP contribution in [0.4, 0.5) is 13.2 Å². The minimum atomic E-state index is -4.76. The molecule has 0 radical (unpaired) electrons. The molecule has 1 aliphatic heterocycles. The number of sulfone groups is 1. The fraction of sp³-hybridized carbons (Fsp3) is 0.333. The van der Waals surface area contributed by atoms with Gasteiger partial charge in [-0.15, -0.1) is 38.0 Å². The van der Waals surface area contributed by atoms with Crippen LogP contribution in [0.25, 0.3) is 22.4 Å². The summed E-state index contributed by atoms with van der Waals surface area (Å²) in [5.74, 6) is -1.24. The van der Waals surface area contributed by atoms with Crippen molar-refractivity contribution >= 4 is 40.6 Å². The molecule has 1 aliphatic carbocycles. The number of ether oxygens (including phenoxy) is 1. The molecular formula is C27H28Cl2F3N3O5S. The predicted molar refractivity (Wildman–Crippen MR) is 150 cm³/mol. The van der Waals surface area contributed by atoms with Crippen molar-refractivity contribution in [2.45, 2.75) is 47.7 Å². The van der Waals surface area contributed by atoms with E-state index in [1.54, 1.807) is 35.9 Å². The number of aromatic nitrogens is 1. The summed E-state index contributed by atoms with van der Waals surface area (Å²) in [4.78, 5) is 19.3. The Hall–Kier alpha value is -2.90. The number of nitrogens with zero attached hydrogens (tertiary/aromatic N) is 2. The summed E-state index contributed by atoms with van der Waals surface area (Å²) < 4.78 is 66.6. The monoisotopic (exact) mass is 633 g/mol. The maximum atomic E-state index is 13.7. The summed E-state index contributed by atoms with van der Waals surface area (Å²) in [7, 11) is -4.12. The van der Waals surface area contributed by atoms with Gasteiger partial charge < -0.3 is 9.64 Å². The van der Waals surface area contributed by atoms with Crippen molar-refractivity contribution in [2.24, 2.45) is 0 Å². The molecule has 2 aliphatic rings. The number of hydrogen-bond acceptors (Lipinski definition) is 7. The average molecular weight is 635 g/mol. The normalized spacial score (nSPS) is 17.1. The number of amides is 1. The Bertz CT molecular complexity index is 1440. The van der Waals surface area contributed by atoms with E-state index < -0.39 is 26.9 Å². The quantitative estimate of drug-likeness (QED) is 0.264. The molecule has 41 heavy (non-hydrogen) atoms. The van der Waals surface area contributed by atoms with Crippen LogP contribution in [0, 0.1) is 0 Å². The Kier molecular flexibility index (Phi) is 9.97. The lowest BCUT2D eigenvalue weighted by Gasteiger charge is -2.39. The number of carbonyl (C=O) groups is 1. The highest BCUT2D eigenvalue weighted by Crippen LogP contribution is 2.39. The number of halogens is 5. The molecule has 14 heteroatoms. The van der Waals surface area contributed by atoms with Gasteiger partial charge in [-0.2, -0.15) is 0 Å². The number of rotatable bonds is 7. The largest absolute Gasteiger partial charge is 0.573 e. The number of carbonyl (C=O) groups excluding carboxylic acids is 1. The van der Waals surface area contributed by atoms with E-state index in [1.165, 1.54) is 36.4 Å². The minimum absolute atomic E-state index is 0. The van der Waals surface area contributed by atoms with Gasteiger partial charge in [-0.25, -0.2) is 13.9 Å². The van der Waals surface area contributed by atoms with Crippen LogP contribution < -0.4 is 10.2 Å². The number of alkyl halides is 3. The third-order valence-electron chi connectivity index (χ3n) is 7.34. The van der Waals surface area contributed by atoms with E-state index in [2.05, 4.69) is 14.6 Å². The van der Waals surface area contributed by atoms with E-state index in [4.69, 9.17) is 0 Å². The zero-order valence-corrected chi connectivity index (χ0v) is 24.0. The second-order valence-corrected chi connectivity index (χ2v) is 12.0. The van der Waals surface area contributed by atoms with Crippen LogP contribution in [-0.4, -0.2) is 59.7 Å². The van der Waals surface area contributed by atoms with Crippen LogP contribution in [-0.2, 0) is 14.6 Å². The highest BCUT2D eigenvalue weighted by molar-refractivity contribution is 7.93. The van der Waals surface area contributed by atoms with E-state index in [1.807, 2.05) is 0 Å². The van der Waals surface area contributed by atoms with E-state index in [0.29, 0.717) is 41.5 Å². The maximum absolute atomic E-state index is 13.7. The van der Waals surface area contributed by atoms with Crippen molar-refractivity contribution in [3.8, 4) is 28.1 Å². The molecule has 0 atom stereocenters. The van der Waals surface area contributed by atoms with Gasteiger partial charge >= 0.3 is 6.36 Å². The van der Waals surface area contributed by atoms with Crippen molar-refractivity contribution in [1.82, 2.24) is 15.4 Å². The minimum Gasteiger partial charge on any atom is -0.406 e. The highest BCUT2D eigenvalue weighted by Gasteiger charge is 2.54. The number of piperidine rings is 1. The maximum Gasteiger partial charge on any atom is 0.573 e. The number of likely N-dealkylation sites (tertiary alicyclic amines) is 1. The molecule has 2 heterocycles. The van der Waals surface area contributed by atoms with Gasteiger partial charge in [0.05, 0.1) is 10.6 Å². The summed E-state index contributed by atoms with van der Waals surface area (Å²) in [6.07, 6.45) is -0.872. The van der Waals surface area contributed by atoms with Gasteiger partial charge in [0.15, 0.2) is 14.6 Å². The first-order valence-electron chi connectivity index (χ1n) is 12.4. The first-order valence-corrected chi connectivity index (χ1v) is 13.9. The number of hydrogen-bond donors (Lipinski definition) is 2. The lowest BCUT2D eigenvalue weighted by molar-refractivity contribution is -0.274. The van der Waals surface area contributed by atoms with Gasteiger partial charge in [0, 0.05) is 36.5 Å². The smallest absolute Gasteiger partial charge is 0.406 e. The highest BCUT2D eigenvalue weighted by atomic mass is 35.5. The van der Waals surface area contributed by atoms with Crippen LogP contribution in [0.2, 0.25) is 0 Å². The third-order valence-corrected chi connectivity index (χ3v) is 9.86. The topological polar surface area (TPSA) is 109 Å². The van der Waals surface area contributed by atoms with Gasteiger partial charge in [0.25, 0.3) is 5.91 Å². The van der Waals surface area contributed by atoms with Crippen molar-refractivity contribution < 1.29 is 36.3 Å². The molecule has 0 unspecified atom stereocenters. The van der Waals surface area contributed by atoms with Crippen LogP contribution in [0.5, 0.6) is 5.75 Å². The molecular weight excluding hydrogens is 606 g/mol. The molecule has 8 nitrogen and oxygen atoms in total.